The van der Waals surface area contributed by atoms with Crippen molar-refractivity contribution >= 4 is 43.2 Å². The molecule has 1 heterocycles. The van der Waals surface area contributed by atoms with Crippen LogP contribution in [0.25, 0.3) is 0 Å². The Hall–Kier alpha value is -0.230. The maximum atomic E-state index is 13.3. The zero-order valence-electron chi connectivity index (χ0n) is 8.84. The fourth-order valence-corrected chi connectivity index (χ4v) is 3.31. The minimum Gasteiger partial charge on any atom is -0.308 e. The van der Waals surface area contributed by atoms with Gasteiger partial charge < -0.3 is 5.32 Å². The van der Waals surface area contributed by atoms with Gasteiger partial charge in [-0.15, -0.1) is 11.3 Å². The molecule has 0 atom stereocenters. The van der Waals surface area contributed by atoms with Crippen molar-refractivity contribution in [3.05, 3.63) is 54.8 Å². The van der Waals surface area contributed by atoms with Gasteiger partial charge in [-0.1, -0.05) is 12.1 Å². The average Bonchev–Trinajstić information content (AvgIpc) is 2.70. The minimum absolute atomic E-state index is 0.219. The Morgan fingerprint density at radius 1 is 1.12 bits per heavy atom. The summed E-state index contributed by atoms with van der Waals surface area (Å²) in [6, 6.07) is 9.18. The topological polar surface area (TPSA) is 12.0 Å². The highest BCUT2D eigenvalue weighted by atomic mass is 79.9. The monoisotopic (exact) mass is 377 g/mol. The summed E-state index contributed by atoms with van der Waals surface area (Å²) in [7, 11) is 0. The van der Waals surface area contributed by atoms with Crippen LogP contribution in [-0.2, 0) is 13.1 Å². The van der Waals surface area contributed by atoms with E-state index in [0.717, 1.165) is 15.9 Å². The third-order valence-corrected chi connectivity index (χ3v) is 4.79. The zero-order valence-corrected chi connectivity index (χ0v) is 12.8. The maximum absolute atomic E-state index is 13.3. The van der Waals surface area contributed by atoms with Crippen molar-refractivity contribution in [3.63, 3.8) is 0 Å². The molecule has 0 fully saturated rings. The Labute approximate surface area is 120 Å². The third kappa shape index (κ3) is 3.61. The molecular formula is C12H10Br2FNS. The van der Waals surface area contributed by atoms with Crippen LogP contribution in [-0.4, -0.2) is 0 Å². The lowest BCUT2D eigenvalue weighted by molar-refractivity contribution is 0.612. The van der Waals surface area contributed by atoms with E-state index < -0.39 is 0 Å². The van der Waals surface area contributed by atoms with Gasteiger partial charge in [-0.2, -0.15) is 0 Å². The molecule has 1 aromatic heterocycles. The van der Waals surface area contributed by atoms with E-state index in [2.05, 4.69) is 43.2 Å². The number of halogens is 3. The highest BCUT2D eigenvalue weighted by Crippen LogP contribution is 2.23. The summed E-state index contributed by atoms with van der Waals surface area (Å²) in [6.45, 7) is 1.44. The summed E-state index contributed by atoms with van der Waals surface area (Å²) in [5.74, 6) is -0.219. The molecule has 1 aromatic carbocycles. The fraction of sp³-hybridized carbons (Fsp3) is 0.167. The number of nitrogens with one attached hydrogen (secondary N) is 1. The van der Waals surface area contributed by atoms with Crippen molar-refractivity contribution in [3.8, 4) is 0 Å². The molecule has 0 aliphatic heterocycles. The first-order valence-corrected chi connectivity index (χ1v) is 7.45. The van der Waals surface area contributed by atoms with Gasteiger partial charge in [0.1, 0.15) is 5.82 Å². The number of hydrogen-bond acceptors (Lipinski definition) is 2. The van der Waals surface area contributed by atoms with Crippen molar-refractivity contribution in [1.29, 1.82) is 0 Å². The van der Waals surface area contributed by atoms with Crippen molar-refractivity contribution < 1.29 is 4.39 Å². The van der Waals surface area contributed by atoms with E-state index in [4.69, 9.17) is 0 Å². The molecule has 2 aromatic rings. The van der Waals surface area contributed by atoms with Crippen molar-refractivity contribution in [1.82, 2.24) is 5.32 Å². The molecule has 0 amide bonds. The van der Waals surface area contributed by atoms with E-state index in [1.807, 2.05) is 12.1 Å². The van der Waals surface area contributed by atoms with Crippen LogP contribution < -0.4 is 5.32 Å². The second-order valence-electron chi connectivity index (χ2n) is 3.52. The van der Waals surface area contributed by atoms with E-state index in [9.17, 15) is 4.39 Å². The molecule has 5 heteroatoms. The fourth-order valence-electron chi connectivity index (χ4n) is 1.45. The number of thiophene rings is 1. The Balaban J connectivity index is 1.92. The van der Waals surface area contributed by atoms with Crippen molar-refractivity contribution in [2.24, 2.45) is 0 Å². The first-order valence-electron chi connectivity index (χ1n) is 5.04. The SMILES string of the molecule is Fc1cccc(CNCc2ccc(Br)s2)c1Br. The van der Waals surface area contributed by atoms with E-state index in [0.29, 0.717) is 11.0 Å². The third-order valence-electron chi connectivity index (χ3n) is 2.28. The largest absolute Gasteiger partial charge is 0.308 e. The molecule has 0 unspecified atom stereocenters. The van der Waals surface area contributed by atoms with Gasteiger partial charge in [-0.25, -0.2) is 4.39 Å². The molecule has 1 N–H and O–H groups in total. The van der Waals surface area contributed by atoms with Gasteiger partial charge in [0.05, 0.1) is 8.26 Å². The summed E-state index contributed by atoms with van der Waals surface area (Å²) in [5.41, 5.74) is 0.931. The molecule has 0 saturated carbocycles. The Morgan fingerprint density at radius 3 is 2.65 bits per heavy atom. The molecular weight excluding hydrogens is 369 g/mol. The maximum Gasteiger partial charge on any atom is 0.137 e. The second-order valence-corrected chi connectivity index (χ2v) is 6.86. The lowest BCUT2D eigenvalue weighted by Crippen LogP contribution is -2.12. The van der Waals surface area contributed by atoms with Gasteiger partial charge in [-0.3, -0.25) is 0 Å². The van der Waals surface area contributed by atoms with Crippen LogP contribution in [0.4, 0.5) is 4.39 Å². The zero-order chi connectivity index (χ0) is 12.3. The molecule has 0 aliphatic rings. The van der Waals surface area contributed by atoms with Crippen molar-refractivity contribution in [2.45, 2.75) is 13.1 Å². The smallest absolute Gasteiger partial charge is 0.137 e. The Kier molecular flexibility index (Phi) is 4.73. The first-order chi connectivity index (χ1) is 8.16. The van der Waals surface area contributed by atoms with Crippen LogP contribution in [0, 0.1) is 5.82 Å². The van der Waals surface area contributed by atoms with Crippen LogP contribution in [0.3, 0.4) is 0 Å². The lowest BCUT2D eigenvalue weighted by Gasteiger charge is -2.06. The molecule has 0 spiro atoms. The molecule has 0 aliphatic carbocycles. The summed E-state index contributed by atoms with van der Waals surface area (Å²) < 4.78 is 14.9. The highest BCUT2D eigenvalue weighted by molar-refractivity contribution is 9.11. The van der Waals surface area contributed by atoms with E-state index in [1.165, 1.54) is 10.9 Å². The first kappa shape index (κ1) is 13.2. The standard InChI is InChI=1S/C12H10Br2FNS/c13-11-5-4-9(17-11)7-16-6-8-2-1-3-10(15)12(8)14/h1-5,16H,6-7H2. The van der Waals surface area contributed by atoms with Crippen LogP contribution in [0.15, 0.2) is 38.6 Å². The number of hydrogen-bond donors (Lipinski definition) is 1. The molecule has 0 bridgehead atoms. The summed E-state index contributed by atoms with van der Waals surface area (Å²) in [5, 5.41) is 3.29. The van der Waals surface area contributed by atoms with Gasteiger partial charge in [-0.05, 0) is 55.6 Å². The highest BCUT2D eigenvalue weighted by Gasteiger charge is 2.04. The van der Waals surface area contributed by atoms with Crippen LogP contribution >= 0.6 is 43.2 Å². The second kappa shape index (κ2) is 6.09. The Morgan fingerprint density at radius 2 is 1.94 bits per heavy atom. The van der Waals surface area contributed by atoms with Gasteiger partial charge in [0.25, 0.3) is 0 Å². The summed E-state index contributed by atoms with van der Waals surface area (Å²) >= 11 is 8.37. The molecule has 0 radical (unpaired) electrons. The van der Waals surface area contributed by atoms with Crippen LogP contribution in [0.5, 0.6) is 0 Å². The van der Waals surface area contributed by atoms with Crippen molar-refractivity contribution in [2.75, 3.05) is 0 Å². The average molecular weight is 379 g/mol. The van der Waals surface area contributed by atoms with Crippen LogP contribution in [0.1, 0.15) is 10.4 Å². The number of benzene rings is 1. The van der Waals surface area contributed by atoms with E-state index in [1.54, 1.807) is 17.4 Å². The Bertz CT molecular complexity index is 513. The quantitative estimate of drug-likeness (QED) is 0.812. The summed E-state index contributed by atoms with van der Waals surface area (Å²) in [4.78, 5) is 1.25. The molecule has 90 valence electrons. The lowest BCUT2D eigenvalue weighted by atomic mass is 10.2. The van der Waals surface area contributed by atoms with E-state index >= 15 is 0 Å². The van der Waals surface area contributed by atoms with Gasteiger partial charge in [0, 0.05) is 18.0 Å². The predicted octanol–water partition coefficient (Wildman–Crippen LogP) is 4.70. The predicted molar refractivity (Wildman–Crippen MR) is 76.7 cm³/mol. The number of rotatable bonds is 4. The van der Waals surface area contributed by atoms with Crippen LogP contribution in [0.2, 0.25) is 0 Å². The van der Waals surface area contributed by atoms with Gasteiger partial charge in [0.2, 0.25) is 0 Å². The normalized spacial score (nSPS) is 10.8. The minimum atomic E-state index is -0.219. The van der Waals surface area contributed by atoms with E-state index in [-0.39, 0.29) is 5.82 Å². The molecule has 1 nitrogen and oxygen atoms in total. The summed E-state index contributed by atoms with van der Waals surface area (Å²) in [6.07, 6.45) is 0. The van der Waals surface area contributed by atoms with Gasteiger partial charge >= 0.3 is 0 Å². The van der Waals surface area contributed by atoms with Gasteiger partial charge in [0.15, 0.2) is 0 Å². The molecule has 2 rings (SSSR count). The molecule has 17 heavy (non-hydrogen) atoms. The molecule has 0 saturated heterocycles.